The van der Waals surface area contributed by atoms with Crippen LogP contribution in [-0.2, 0) is 14.8 Å². The van der Waals surface area contributed by atoms with E-state index in [2.05, 4.69) is 31.5 Å². The Morgan fingerprint density at radius 1 is 0.969 bits per heavy atom. The van der Waals surface area contributed by atoms with Crippen molar-refractivity contribution >= 4 is 54.8 Å². The van der Waals surface area contributed by atoms with Crippen LogP contribution in [0.5, 0.6) is 11.5 Å². The van der Waals surface area contributed by atoms with Gasteiger partial charge in [-0.15, -0.1) is 11.3 Å². The van der Waals surface area contributed by atoms with E-state index in [0.717, 1.165) is 11.3 Å². The molecule has 32 heavy (non-hydrogen) atoms. The molecular formula is C20H16BrN3O6S2. The first-order valence-corrected chi connectivity index (χ1v) is 12.3. The predicted molar refractivity (Wildman–Crippen MR) is 121 cm³/mol. The van der Waals surface area contributed by atoms with E-state index in [1.165, 1.54) is 30.3 Å². The number of hydrogen-bond donors (Lipinski definition) is 3. The summed E-state index contributed by atoms with van der Waals surface area (Å²) in [6.07, 6.45) is -0.917. The summed E-state index contributed by atoms with van der Waals surface area (Å²) in [5.41, 5.74) is 5.11. The number of halogens is 1. The molecule has 0 fully saturated rings. The van der Waals surface area contributed by atoms with Gasteiger partial charge in [0.2, 0.25) is 6.10 Å². The molecule has 2 amide bonds. The van der Waals surface area contributed by atoms with E-state index in [1.807, 2.05) is 0 Å². The number of benzene rings is 2. The number of thiophene rings is 1. The number of rotatable bonds is 5. The standard InChI is InChI=1S/C20H16BrN3O6S2/c21-17-9-10-18(31-17)32(27,28)24-13-7-5-12(6-8-13)19(25)22-23-20(26)16-11-29-14-3-1-2-4-15(14)30-16/h1-10,16,24H,11H2,(H,22,25)(H,23,26)/t16-/m0/s1. The molecule has 0 aliphatic carbocycles. The Hall–Kier alpha value is -3.09. The number of hydrazine groups is 1. The Morgan fingerprint density at radius 3 is 2.38 bits per heavy atom. The quantitative estimate of drug-likeness (QED) is 0.430. The van der Waals surface area contributed by atoms with E-state index in [9.17, 15) is 18.0 Å². The summed E-state index contributed by atoms with van der Waals surface area (Å²) < 4.78 is 39.1. The monoisotopic (exact) mass is 537 g/mol. The second-order valence-electron chi connectivity index (χ2n) is 6.55. The topological polar surface area (TPSA) is 123 Å². The number of fused-ring (bicyclic) bond motifs is 1. The van der Waals surface area contributed by atoms with Crippen LogP contribution in [0.3, 0.4) is 0 Å². The van der Waals surface area contributed by atoms with Crippen molar-refractivity contribution < 1.29 is 27.5 Å². The fourth-order valence-corrected chi connectivity index (χ4v) is 5.83. The number of carbonyl (C=O) groups excluding carboxylic acids is 2. The van der Waals surface area contributed by atoms with E-state index in [1.54, 1.807) is 30.3 Å². The first-order chi connectivity index (χ1) is 15.3. The molecule has 2 heterocycles. The lowest BCUT2D eigenvalue weighted by atomic mass is 10.2. The molecule has 1 atom stereocenters. The number of para-hydroxylation sites is 2. The van der Waals surface area contributed by atoms with Gasteiger partial charge in [-0.1, -0.05) is 12.1 Å². The minimum atomic E-state index is -3.73. The molecule has 0 unspecified atom stereocenters. The summed E-state index contributed by atoms with van der Waals surface area (Å²) in [6.45, 7) is 0.00830. The van der Waals surface area contributed by atoms with Gasteiger partial charge in [-0.3, -0.25) is 25.2 Å². The first kappa shape index (κ1) is 22.1. The molecule has 2 aromatic carbocycles. The van der Waals surface area contributed by atoms with Crippen molar-refractivity contribution in [3.63, 3.8) is 0 Å². The predicted octanol–water partition coefficient (Wildman–Crippen LogP) is 2.91. The Morgan fingerprint density at radius 2 is 1.69 bits per heavy atom. The van der Waals surface area contributed by atoms with Gasteiger partial charge >= 0.3 is 0 Å². The Kier molecular flexibility index (Phi) is 6.35. The fourth-order valence-electron chi connectivity index (χ4n) is 2.76. The van der Waals surface area contributed by atoms with Crippen molar-refractivity contribution in [1.82, 2.24) is 10.9 Å². The van der Waals surface area contributed by atoms with Gasteiger partial charge in [0, 0.05) is 11.3 Å². The van der Waals surface area contributed by atoms with Crippen LogP contribution in [0.15, 0.2) is 68.7 Å². The molecule has 1 aliphatic heterocycles. The zero-order valence-electron chi connectivity index (χ0n) is 16.2. The molecule has 1 aromatic heterocycles. The van der Waals surface area contributed by atoms with Crippen LogP contribution in [0.4, 0.5) is 5.69 Å². The number of anilines is 1. The smallest absolute Gasteiger partial charge is 0.283 e. The number of hydrogen-bond acceptors (Lipinski definition) is 7. The Balaban J connectivity index is 1.32. The molecule has 0 saturated heterocycles. The van der Waals surface area contributed by atoms with Crippen molar-refractivity contribution in [3.05, 3.63) is 70.0 Å². The number of carbonyl (C=O) groups is 2. The van der Waals surface area contributed by atoms with E-state index in [4.69, 9.17) is 9.47 Å². The van der Waals surface area contributed by atoms with Crippen LogP contribution in [-0.4, -0.2) is 32.9 Å². The van der Waals surface area contributed by atoms with Gasteiger partial charge in [0.1, 0.15) is 10.8 Å². The maximum Gasteiger partial charge on any atom is 0.283 e. The molecule has 4 rings (SSSR count). The first-order valence-electron chi connectivity index (χ1n) is 9.19. The second-order valence-corrected chi connectivity index (χ2v) is 10.9. The highest BCUT2D eigenvalue weighted by Crippen LogP contribution is 2.31. The van der Waals surface area contributed by atoms with Crippen LogP contribution in [0.1, 0.15) is 10.4 Å². The molecular weight excluding hydrogens is 522 g/mol. The lowest BCUT2D eigenvalue weighted by Crippen LogP contribution is -2.50. The summed E-state index contributed by atoms with van der Waals surface area (Å²) in [4.78, 5) is 24.6. The second kappa shape index (κ2) is 9.18. The number of amides is 2. The molecule has 0 radical (unpaired) electrons. The van der Waals surface area contributed by atoms with Gasteiger partial charge < -0.3 is 9.47 Å². The molecule has 3 aromatic rings. The lowest BCUT2D eigenvalue weighted by molar-refractivity contribution is -0.131. The third-order valence-corrected chi connectivity index (χ3v) is 7.81. The maximum atomic E-state index is 12.4. The van der Waals surface area contributed by atoms with Crippen molar-refractivity contribution in [2.45, 2.75) is 10.3 Å². The lowest BCUT2D eigenvalue weighted by Gasteiger charge is -2.25. The van der Waals surface area contributed by atoms with Crippen molar-refractivity contribution in [2.75, 3.05) is 11.3 Å². The summed E-state index contributed by atoms with van der Waals surface area (Å²) in [6, 6.07) is 15.9. The zero-order valence-corrected chi connectivity index (χ0v) is 19.4. The van der Waals surface area contributed by atoms with Gasteiger partial charge in [0.15, 0.2) is 11.5 Å². The van der Waals surface area contributed by atoms with E-state index in [0.29, 0.717) is 21.0 Å². The maximum absolute atomic E-state index is 12.4. The van der Waals surface area contributed by atoms with Crippen molar-refractivity contribution in [2.24, 2.45) is 0 Å². The number of sulfonamides is 1. The summed E-state index contributed by atoms with van der Waals surface area (Å²) in [7, 11) is -3.73. The van der Waals surface area contributed by atoms with Crippen molar-refractivity contribution in [3.8, 4) is 11.5 Å². The zero-order chi connectivity index (χ0) is 22.7. The molecule has 0 saturated carbocycles. The van der Waals surface area contributed by atoms with Crippen LogP contribution < -0.4 is 25.0 Å². The normalized spacial score (nSPS) is 15.0. The van der Waals surface area contributed by atoms with Gasteiger partial charge in [0.05, 0.1) is 3.79 Å². The van der Waals surface area contributed by atoms with E-state index in [-0.39, 0.29) is 16.4 Å². The summed E-state index contributed by atoms with van der Waals surface area (Å²) >= 11 is 4.31. The molecule has 1 aliphatic rings. The fraction of sp³-hybridized carbons (Fsp3) is 0.100. The summed E-state index contributed by atoms with van der Waals surface area (Å²) in [5.74, 6) is -0.160. The highest BCUT2D eigenvalue weighted by atomic mass is 79.9. The van der Waals surface area contributed by atoms with Crippen LogP contribution in [0.25, 0.3) is 0 Å². The van der Waals surface area contributed by atoms with Gasteiger partial charge in [-0.25, -0.2) is 8.42 Å². The average Bonchev–Trinajstić information content (AvgIpc) is 3.24. The third kappa shape index (κ3) is 5.03. The van der Waals surface area contributed by atoms with E-state index >= 15 is 0 Å². The molecule has 12 heteroatoms. The van der Waals surface area contributed by atoms with Crippen LogP contribution >= 0.6 is 27.3 Å². The Bertz CT molecular complexity index is 1260. The van der Waals surface area contributed by atoms with Gasteiger partial charge in [0.25, 0.3) is 21.8 Å². The molecule has 0 spiro atoms. The van der Waals surface area contributed by atoms with Crippen LogP contribution in [0, 0.1) is 0 Å². The van der Waals surface area contributed by atoms with Crippen LogP contribution in [0.2, 0.25) is 0 Å². The minimum absolute atomic E-state index is 0.00830. The molecule has 166 valence electrons. The number of ether oxygens (including phenoxy) is 2. The molecule has 9 nitrogen and oxygen atoms in total. The van der Waals surface area contributed by atoms with Gasteiger partial charge in [-0.05, 0) is 64.5 Å². The highest BCUT2D eigenvalue weighted by Gasteiger charge is 2.27. The molecule has 0 bridgehead atoms. The minimum Gasteiger partial charge on any atom is -0.485 e. The highest BCUT2D eigenvalue weighted by molar-refractivity contribution is 9.11. The van der Waals surface area contributed by atoms with Crippen molar-refractivity contribution in [1.29, 1.82) is 0 Å². The van der Waals surface area contributed by atoms with E-state index < -0.39 is 27.9 Å². The molecule has 3 N–H and O–H groups in total. The Labute approximate surface area is 195 Å². The SMILES string of the molecule is O=C(NNC(=O)[C@@H]1COc2ccccc2O1)c1ccc(NS(=O)(=O)c2ccc(Br)s2)cc1. The third-order valence-electron chi connectivity index (χ3n) is 4.31. The number of nitrogens with one attached hydrogen (secondary N) is 3. The average molecular weight is 538 g/mol. The van der Waals surface area contributed by atoms with Gasteiger partial charge in [-0.2, -0.15) is 0 Å². The largest absolute Gasteiger partial charge is 0.485 e. The summed E-state index contributed by atoms with van der Waals surface area (Å²) in [5, 5.41) is 0.